The number of hydrogen-bond donors (Lipinski definition) is 1. The fourth-order valence-corrected chi connectivity index (χ4v) is 3.66. The van der Waals surface area contributed by atoms with Gasteiger partial charge < -0.3 is 10.2 Å². The summed E-state index contributed by atoms with van der Waals surface area (Å²) in [7, 11) is 0. The van der Waals surface area contributed by atoms with Gasteiger partial charge in [-0.05, 0) is 44.5 Å². The number of unbranched alkanes of at least 4 members (excludes halogenated alkanes) is 4. The highest BCUT2D eigenvalue weighted by Gasteiger charge is 2.24. The Morgan fingerprint density at radius 2 is 1.73 bits per heavy atom. The van der Waals surface area contributed by atoms with Gasteiger partial charge in [-0.15, -0.1) is 0 Å². The molecule has 0 radical (unpaired) electrons. The summed E-state index contributed by atoms with van der Waals surface area (Å²) in [5, 5.41) is 8.33. The van der Waals surface area contributed by atoms with E-state index in [1.165, 1.54) is 12.8 Å². The molecule has 0 atom stereocenters. The van der Waals surface area contributed by atoms with Gasteiger partial charge in [-0.3, -0.25) is 9.59 Å². The Hall–Kier alpha value is -2.34. The van der Waals surface area contributed by atoms with Gasteiger partial charge in [0.15, 0.2) is 0 Å². The number of halogens is 1. The molecule has 0 saturated heterocycles. The molecule has 0 bridgehead atoms. The third-order valence-electron chi connectivity index (χ3n) is 5.57. The molecule has 0 fully saturated rings. The van der Waals surface area contributed by atoms with Crippen molar-refractivity contribution in [2.45, 2.75) is 91.5 Å². The highest BCUT2D eigenvalue weighted by atomic mass is 35.5. The molecular formula is C26H39ClN4O2. The standard InChI is InChI=1S/C26H39ClN4O2/c1-7-8-9-10-11-12-25(33)30(19(2)3)18-24(32)28-23-17-22(26(4,5)6)29-31(23)21-15-13-20(27)14-16-21/h13-17,19H,7-12,18H2,1-6H3,(H,28,32). The summed E-state index contributed by atoms with van der Waals surface area (Å²) >= 11 is 6.04. The monoisotopic (exact) mass is 474 g/mol. The molecule has 1 N–H and O–H groups in total. The zero-order chi connectivity index (χ0) is 24.6. The minimum absolute atomic E-state index is 0.0160. The fraction of sp³-hybridized carbons (Fsp3) is 0.577. The number of nitrogens with one attached hydrogen (secondary N) is 1. The quantitative estimate of drug-likeness (QED) is 0.385. The Kier molecular flexibility index (Phi) is 9.96. The Labute approximate surface area is 203 Å². The van der Waals surface area contributed by atoms with Crippen molar-refractivity contribution in [3.8, 4) is 5.69 Å². The number of nitrogens with zero attached hydrogens (tertiary/aromatic N) is 3. The summed E-state index contributed by atoms with van der Waals surface area (Å²) in [5.41, 5.74) is 1.47. The maximum absolute atomic E-state index is 13.0. The van der Waals surface area contributed by atoms with Crippen molar-refractivity contribution >= 4 is 29.2 Å². The van der Waals surface area contributed by atoms with Crippen LogP contribution in [-0.4, -0.2) is 39.1 Å². The number of carbonyl (C=O) groups excluding carboxylic acids is 2. The Balaban J connectivity index is 2.14. The van der Waals surface area contributed by atoms with Crippen LogP contribution in [-0.2, 0) is 15.0 Å². The second kappa shape index (κ2) is 12.2. The van der Waals surface area contributed by atoms with Gasteiger partial charge >= 0.3 is 0 Å². The third-order valence-corrected chi connectivity index (χ3v) is 5.82. The summed E-state index contributed by atoms with van der Waals surface area (Å²) in [6, 6.07) is 9.15. The van der Waals surface area contributed by atoms with Crippen LogP contribution in [0.15, 0.2) is 30.3 Å². The van der Waals surface area contributed by atoms with Crippen LogP contribution in [0.1, 0.15) is 85.8 Å². The van der Waals surface area contributed by atoms with E-state index in [-0.39, 0.29) is 29.8 Å². The third kappa shape index (κ3) is 8.18. The predicted molar refractivity (Wildman–Crippen MR) is 136 cm³/mol. The first-order valence-corrected chi connectivity index (χ1v) is 12.4. The van der Waals surface area contributed by atoms with Crippen LogP contribution in [0.5, 0.6) is 0 Å². The van der Waals surface area contributed by atoms with Gasteiger partial charge in [0.1, 0.15) is 12.4 Å². The van der Waals surface area contributed by atoms with Gasteiger partial charge in [0, 0.05) is 29.0 Å². The van der Waals surface area contributed by atoms with Crippen molar-refractivity contribution in [2.75, 3.05) is 11.9 Å². The lowest BCUT2D eigenvalue weighted by Crippen LogP contribution is -2.42. The first-order chi connectivity index (χ1) is 15.5. The Bertz CT molecular complexity index is 913. The van der Waals surface area contributed by atoms with Crippen LogP contribution < -0.4 is 5.32 Å². The maximum atomic E-state index is 13.0. The molecule has 0 aliphatic heterocycles. The summed E-state index contributed by atoms with van der Waals surface area (Å²) in [6.45, 7) is 12.3. The van der Waals surface area contributed by atoms with Crippen LogP contribution in [0.3, 0.4) is 0 Å². The first-order valence-electron chi connectivity index (χ1n) is 12.0. The van der Waals surface area contributed by atoms with E-state index in [1.807, 2.05) is 32.0 Å². The normalized spacial score (nSPS) is 11.6. The van der Waals surface area contributed by atoms with E-state index in [0.29, 0.717) is 17.3 Å². The summed E-state index contributed by atoms with van der Waals surface area (Å²) < 4.78 is 1.71. The van der Waals surface area contributed by atoms with E-state index in [4.69, 9.17) is 16.7 Å². The average molecular weight is 475 g/mol. The zero-order valence-electron chi connectivity index (χ0n) is 20.9. The smallest absolute Gasteiger partial charge is 0.245 e. The molecule has 0 spiro atoms. The summed E-state index contributed by atoms with van der Waals surface area (Å²) in [6.07, 6.45) is 5.91. The molecule has 2 aromatic rings. The lowest BCUT2D eigenvalue weighted by atomic mass is 9.92. The molecule has 0 aliphatic carbocycles. The zero-order valence-corrected chi connectivity index (χ0v) is 21.7. The lowest BCUT2D eigenvalue weighted by molar-refractivity contribution is -0.136. The van der Waals surface area contributed by atoms with Gasteiger partial charge in [-0.2, -0.15) is 5.10 Å². The van der Waals surface area contributed by atoms with E-state index in [2.05, 4.69) is 33.0 Å². The number of benzene rings is 1. The largest absolute Gasteiger partial charge is 0.331 e. The van der Waals surface area contributed by atoms with Crippen molar-refractivity contribution in [1.29, 1.82) is 0 Å². The number of aromatic nitrogens is 2. The van der Waals surface area contributed by atoms with E-state index >= 15 is 0 Å². The molecule has 0 aliphatic rings. The Morgan fingerprint density at radius 1 is 1.09 bits per heavy atom. The van der Waals surface area contributed by atoms with Gasteiger partial charge in [0.25, 0.3) is 0 Å². The van der Waals surface area contributed by atoms with E-state index < -0.39 is 0 Å². The van der Waals surface area contributed by atoms with E-state index in [1.54, 1.807) is 21.7 Å². The number of rotatable bonds is 11. The van der Waals surface area contributed by atoms with Crippen molar-refractivity contribution in [3.63, 3.8) is 0 Å². The molecular weight excluding hydrogens is 436 g/mol. The van der Waals surface area contributed by atoms with Gasteiger partial charge in [-0.25, -0.2) is 4.68 Å². The van der Waals surface area contributed by atoms with Gasteiger partial charge in [0.05, 0.1) is 11.4 Å². The van der Waals surface area contributed by atoms with E-state index in [0.717, 1.165) is 30.6 Å². The summed E-state index contributed by atoms with van der Waals surface area (Å²) in [4.78, 5) is 27.4. The van der Waals surface area contributed by atoms with Gasteiger partial charge in [0.2, 0.25) is 11.8 Å². The number of hydrogen-bond acceptors (Lipinski definition) is 3. The molecule has 1 heterocycles. The van der Waals surface area contributed by atoms with Crippen LogP contribution in [0.25, 0.3) is 5.69 Å². The Morgan fingerprint density at radius 3 is 2.30 bits per heavy atom. The fourth-order valence-electron chi connectivity index (χ4n) is 3.53. The summed E-state index contributed by atoms with van der Waals surface area (Å²) in [5.74, 6) is 0.361. The SMILES string of the molecule is CCCCCCCC(=O)N(CC(=O)Nc1cc(C(C)(C)C)nn1-c1ccc(Cl)cc1)C(C)C. The van der Waals surface area contributed by atoms with Crippen LogP contribution in [0.4, 0.5) is 5.82 Å². The topological polar surface area (TPSA) is 67.2 Å². The van der Waals surface area contributed by atoms with Gasteiger partial charge in [-0.1, -0.05) is 65.0 Å². The molecule has 6 nitrogen and oxygen atoms in total. The second-order valence-electron chi connectivity index (χ2n) is 9.88. The van der Waals surface area contributed by atoms with E-state index in [9.17, 15) is 9.59 Å². The number of amides is 2. The molecule has 7 heteroatoms. The highest BCUT2D eigenvalue weighted by molar-refractivity contribution is 6.30. The molecule has 1 aromatic carbocycles. The van der Waals surface area contributed by atoms with Crippen LogP contribution in [0, 0.1) is 0 Å². The van der Waals surface area contributed by atoms with Crippen LogP contribution >= 0.6 is 11.6 Å². The molecule has 1 aromatic heterocycles. The molecule has 2 amide bonds. The lowest BCUT2D eigenvalue weighted by Gasteiger charge is -2.26. The highest BCUT2D eigenvalue weighted by Crippen LogP contribution is 2.27. The van der Waals surface area contributed by atoms with Crippen LogP contribution in [0.2, 0.25) is 5.02 Å². The molecule has 0 saturated carbocycles. The van der Waals surface area contributed by atoms with Crippen molar-refractivity contribution < 1.29 is 9.59 Å². The minimum atomic E-state index is -0.237. The molecule has 182 valence electrons. The second-order valence-corrected chi connectivity index (χ2v) is 10.3. The molecule has 2 rings (SSSR count). The maximum Gasteiger partial charge on any atom is 0.245 e. The predicted octanol–water partition coefficient (Wildman–Crippen LogP) is 6.36. The average Bonchev–Trinajstić information content (AvgIpc) is 3.16. The molecule has 0 unspecified atom stereocenters. The first kappa shape index (κ1) is 26.9. The van der Waals surface area contributed by atoms with Crippen molar-refractivity contribution in [1.82, 2.24) is 14.7 Å². The minimum Gasteiger partial charge on any atom is -0.331 e. The number of anilines is 1. The molecule has 33 heavy (non-hydrogen) atoms. The van der Waals surface area contributed by atoms with Crippen molar-refractivity contribution in [3.05, 3.63) is 41.0 Å². The van der Waals surface area contributed by atoms with Crippen molar-refractivity contribution in [2.24, 2.45) is 0 Å². The number of carbonyl (C=O) groups is 2.